The van der Waals surface area contributed by atoms with Crippen molar-refractivity contribution >= 4 is 23.2 Å². The van der Waals surface area contributed by atoms with E-state index in [9.17, 15) is 9.59 Å². The van der Waals surface area contributed by atoms with Gasteiger partial charge in [0.15, 0.2) is 0 Å². The van der Waals surface area contributed by atoms with Crippen molar-refractivity contribution in [2.24, 2.45) is 5.92 Å². The predicted octanol–water partition coefficient (Wildman–Crippen LogP) is 3.55. The third-order valence-corrected chi connectivity index (χ3v) is 6.62. The maximum Gasteiger partial charge on any atom is 0.244 e. The van der Waals surface area contributed by atoms with E-state index < -0.39 is 0 Å². The molecule has 7 heteroatoms. The second-order valence-electron chi connectivity index (χ2n) is 7.90. The van der Waals surface area contributed by atoms with Gasteiger partial charge in [-0.1, -0.05) is 37.3 Å². The third-order valence-electron chi connectivity index (χ3n) is 5.71. The highest BCUT2D eigenvalue weighted by molar-refractivity contribution is 7.13. The number of carbonyl (C=O) groups excluding carboxylic acids is 2. The molecule has 31 heavy (non-hydrogen) atoms. The minimum Gasteiger partial charge on any atom is -0.341 e. The molecule has 1 atom stereocenters. The van der Waals surface area contributed by atoms with Crippen molar-refractivity contribution in [3.8, 4) is 10.4 Å². The Kier molecular flexibility index (Phi) is 6.82. The van der Waals surface area contributed by atoms with Crippen LogP contribution in [0.4, 0.5) is 0 Å². The van der Waals surface area contributed by atoms with Gasteiger partial charge in [-0.3, -0.25) is 14.3 Å². The number of aromatic nitrogens is 2. The standard InChI is InChI=1S/C24H28N4O2S/c1-2-11-26-13-14-27(23(29)18-28-12-6-10-25-28)17-20(24(26)30)16-19-7-3-4-8-21(19)22-9-5-15-31-22/h3-10,12,15,20H,2,11,13-14,16-18H2,1H3. The Morgan fingerprint density at radius 2 is 2.03 bits per heavy atom. The number of thiophene rings is 1. The summed E-state index contributed by atoms with van der Waals surface area (Å²) in [6.07, 6.45) is 5.00. The molecule has 1 fully saturated rings. The molecule has 1 aliphatic rings. The molecule has 1 aromatic carbocycles. The maximum atomic E-state index is 13.4. The van der Waals surface area contributed by atoms with Crippen LogP contribution in [-0.2, 0) is 22.6 Å². The van der Waals surface area contributed by atoms with Crippen LogP contribution in [0.15, 0.2) is 60.2 Å². The van der Waals surface area contributed by atoms with Gasteiger partial charge in [-0.15, -0.1) is 11.3 Å². The van der Waals surface area contributed by atoms with E-state index in [2.05, 4.69) is 35.6 Å². The molecule has 1 saturated heterocycles. The van der Waals surface area contributed by atoms with Crippen molar-refractivity contribution in [2.45, 2.75) is 26.3 Å². The van der Waals surface area contributed by atoms with Crippen LogP contribution >= 0.6 is 11.3 Å². The van der Waals surface area contributed by atoms with Crippen molar-refractivity contribution in [3.05, 3.63) is 65.8 Å². The van der Waals surface area contributed by atoms with Gasteiger partial charge >= 0.3 is 0 Å². The van der Waals surface area contributed by atoms with Gasteiger partial charge in [-0.25, -0.2) is 0 Å². The van der Waals surface area contributed by atoms with E-state index >= 15 is 0 Å². The molecule has 1 aliphatic heterocycles. The van der Waals surface area contributed by atoms with Gasteiger partial charge in [0.05, 0.1) is 5.92 Å². The molecule has 2 amide bonds. The molecule has 162 valence electrons. The van der Waals surface area contributed by atoms with E-state index in [0.717, 1.165) is 18.5 Å². The van der Waals surface area contributed by atoms with Crippen LogP contribution in [0.25, 0.3) is 10.4 Å². The molecule has 0 saturated carbocycles. The molecule has 3 aromatic rings. The minimum atomic E-state index is -0.253. The van der Waals surface area contributed by atoms with Gasteiger partial charge in [0.25, 0.3) is 0 Å². The summed E-state index contributed by atoms with van der Waals surface area (Å²) in [5.74, 6) is -0.0969. The van der Waals surface area contributed by atoms with Crippen molar-refractivity contribution in [3.63, 3.8) is 0 Å². The molecule has 0 aliphatic carbocycles. The first-order chi connectivity index (χ1) is 15.2. The molecule has 6 nitrogen and oxygen atoms in total. The zero-order chi connectivity index (χ0) is 21.6. The Bertz CT molecular complexity index is 1000. The lowest BCUT2D eigenvalue weighted by Crippen LogP contribution is -2.39. The lowest BCUT2D eigenvalue weighted by atomic mass is 9.93. The zero-order valence-corrected chi connectivity index (χ0v) is 18.6. The number of benzene rings is 1. The molecule has 3 heterocycles. The molecular weight excluding hydrogens is 408 g/mol. The van der Waals surface area contributed by atoms with Gasteiger partial charge in [0.1, 0.15) is 6.54 Å². The summed E-state index contributed by atoms with van der Waals surface area (Å²) in [6.45, 7) is 4.60. The van der Waals surface area contributed by atoms with E-state index in [-0.39, 0.29) is 24.3 Å². The Hall–Kier alpha value is -2.93. The number of hydrogen-bond acceptors (Lipinski definition) is 4. The topological polar surface area (TPSA) is 58.4 Å². The predicted molar refractivity (Wildman–Crippen MR) is 123 cm³/mol. The number of hydrogen-bond donors (Lipinski definition) is 0. The summed E-state index contributed by atoms with van der Waals surface area (Å²) < 4.78 is 1.64. The Morgan fingerprint density at radius 1 is 1.16 bits per heavy atom. The van der Waals surface area contributed by atoms with Crippen molar-refractivity contribution in [1.82, 2.24) is 19.6 Å². The van der Waals surface area contributed by atoms with E-state index in [4.69, 9.17) is 0 Å². The summed E-state index contributed by atoms with van der Waals surface area (Å²) in [7, 11) is 0. The Balaban J connectivity index is 1.57. The Labute approximate surface area is 187 Å². The number of nitrogens with zero attached hydrogens (tertiary/aromatic N) is 4. The molecule has 0 bridgehead atoms. The molecular formula is C24H28N4O2S. The van der Waals surface area contributed by atoms with Crippen LogP contribution in [0.2, 0.25) is 0 Å². The van der Waals surface area contributed by atoms with Gasteiger partial charge < -0.3 is 9.80 Å². The van der Waals surface area contributed by atoms with E-state index in [1.165, 1.54) is 10.4 Å². The fourth-order valence-corrected chi connectivity index (χ4v) is 4.97. The third kappa shape index (κ3) is 5.05. The lowest BCUT2D eigenvalue weighted by molar-refractivity contribution is -0.135. The van der Waals surface area contributed by atoms with Crippen molar-refractivity contribution in [1.29, 1.82) is 0 Å². The average molecular weight is 437 g/mol. The molecule has 1 unspecified atom stereocenters. The highest BCUT2D eigenvalue weighted by Crippen LogP contribution is 2.30. The molecule has 2 aromatic heterocycles. The monoisotopic (exact) mass is 436 g/mol. The van der Waals surface area contributed by atoms with Gasteiger partial charge in [-0.05, 0) is 41.5 Å². The fraction of sp³-hybridized carbons (Fsp3) is 0.375. The Morgan fingerprint density at radius 3 is 2.77 bits per heavy atom. The van der Waals surface area contributed by atoms with Crippen LogP contribution in [0.5, 0.6) is 0 Å². The molecule has 0 N–H and O–H groups in total. The van der Waals surface area contributed by atoms with Crippen molar-refractivity contribution in [2.75, 3.05) is 26.2 Å². The zero-order valence-electron chi connectivity index (χ0n) is 17.8. The highest BCUT2D eigenvalue weighted by Gasteiger charge is 2.32. The first kappa shape index (κ1) is 21.3. The average Bonchev–Trinajstić information content (AvgIpc) is 3.46. The normalized spacial score (nSPS) is 17.1. The molecule has 0 radical (unpaired) electrons. The largest absolute Gasteiger partial charge is 0.341 e. The second-order valence-corrected chi connectivity index (χ2v) is 8.85. The molecule has 0 spiro atoms. The SMILES string of the molecule is CCCN1CCN(C(=O)Cn2cccn2)CC(Cc2ccccc2-c2cccs2)C1=O. The summed E-state index contributed by atoms with van der Waals surface area (Å²) in [5, 5.41) is 6.22. The quantitative estimate of drug-likeness (QED) is 0.569. The van der Waals surface area contributed by atoms with Gasteiger partial charge in [0, 0.05) is 43.4 Å². The lowest BCUT2D eigenvalue weighted by Gasteiger charge is -2.24. The number of carbonyl (C=O) groups is 2. The van der Waals surface area contributed by atoms with Crippen LogP contribution in [0.3, 0.4) is 0 Å². The van der Waals surface area contributed by atoms with Crippen LogP contribution < -0.4 is 0 Å². The summed E-state index contributed by atoms with van der Waals surface area (Å²) in [6, 6.07) is 14.3. The van der Waals surface area contributed by atoms with Gasteiger partial charge in [0.2, 0.25) is 11.8 Å². The number of rotatable bonds is 7. The summed E-state index contributed by atoms with van der Waals surface area (Å²) in [4.78, 5) is 31.3. The summed E-state index contributed by atoms with van der Waals surface area (Å²) in [5.41, 5.74) is 2.33. The fourth-order valence-electron chi connectivity index (χ4n) is 4.18. The van der Waals surface area contributed by atoms with E-state index in [0.29, 0.717) is 26.1 Å². The second kappa shape index (κ2) is 9.92. The minimum absolute atomic E-state index is 0.00592. The van der Waals surface area contributed by atoms with Crippen molar-refractivity contribution < 1.29 is 9.59 Å². The first-order valence-corrected chi connectivity index (χ1v) is 11.7. The van der Waals surface area contributed by atoms with Crippen LogP contribution in [0.1, 0.15) is 18.9 Å². The summed E-state index contributed by atoms with van der Waals surface area (Å²) >= 11 is 1.70. The van der Waals surface area contributed by atoms with Crippen LogP contribution in [0, 0.1) is 5.92 Å². The highest BCUT2D eigenvalue weighted by atomic mass is 32.1. The first-order valence-electron chi connectivity index (χ1n) is 10.8. The smallest absolute Gasteiger partial charge is 0.244 e. The maximum absolute atomic E-state index is 13.4. The van der Waals surface area contributed by atoms with E-state index in [1.807, 2.05) is 34.1 Å². The van der Waals surface area contributed by atoms with Gasteiger partial charge in [-0.2, -0.15) is 5.10 Å². The molecule has 4 rings (SSSR count). The van der Waals surface area contributed by atoms with E-state index in [1.54, 1.807) is 28.4 Å². The van der Waals surface area contributed by atoms with Crippen LogP contribution in [-0.4, -0.2) is 57.6 Å². The number of amides is 2.